The smallest absolute Gasteiger partial charge is 0.227 e. The van der Waals surface area contributed by atoms with Gasteiger partial charge in [-0.15, -0.1) is 0 Å². The fourth-order valence-electron chi connectivity index (χ4n) is 2.22. The van der Waals surface area contributed by atoms with Crippen molar-refractivity contribution in [3.8, 4) is 11.4 Å². The van der Waals surface area contributed by atoms with Crippen LogP contribution in [0, 0.1) is 5.82 Å². The van der Waals surface area contributed by atoms with Gasteiger partial charge >= 0.3 is 0 Å². The van der Waals surface area contributed by atoms with Crippen LogP contribution in [0.5, 0.6) is 0 Å². The number of aromatic nitrogens is 2. The average molecular weight is 345 g/mol. The molecule has 2 heterocycles. The molecule has 5 nitrogen and oxygen atoms in total. The van der Waals surface area contributed by atoms with Crippen LogP contribution < -0.4 is 0 Å². The lowest BCUT2D eigenvalue weighted by atomic mass is 10.2. The minimum Gasteiger partial charge on any atom is -0.341 e. The average Bonchev–Trinajstić information content (AvgIpc) is 3.25. The van der Waals surface area contributed by atoms with E-state index in [0.29, 0.717) is 36.7 Å². The Balaban J connectivity index is 1.55. The van der Waals surface area contributed by atoms with Crippen molar-refractivity contribution in [3.05, 3.63) is 58.4 Å². The first kappa shape index (κ1) is 16.3. The summed E-state index contributed by atoms with van der Waals surface area (Å²) in [6.45, 7) is 0.590. The largest absolute Gasteiger partial charge is 0.341 e. The summed E-state index contributed by atoms with van der Waals surface area (Å²) in [5.41, 5.74) is 1.79. The molecule has 0 spiro atoms. The quantitative estimate of drug-likeness (QED) is 0.686. The lowest BCUT2D eigenvalue weighted by Crippen LogP contribution is -2.26. The lowest BCUT2D eigenvalue weighted by Gasteiger charge is -2.15. The molecular formula is C17H16FN3O2S. The van der Waals surface area contributed by atoms with E-state index in [9.17, 15) is 9.18 Å². The number of benzene rings is 1. The Bertz CT molecular complexity index is 800. The predicted octanol–water partition coefficient (Wildman–Crippen LogP) is 3.53. The van der Waals surface area contributed by atoms with Gasteiger partial charge in [0.2, 0.25) is 17.6 Å². The van der Waals surface area contributed by atoms with Crippen molar-refractivity contribution in [2.24, 2.45) is 0 Å². The zero-order valence-electron chi connectivity index (χ0n) is 13.1. The Labute approximate surface area is 142 Å². The van der Waals surface area contributed by atoms with E-state index >= 15 is 0 Å². The van der Waals surface area contributed by atoms with Crippen LogP contribution in [-0.4, -0.2) is 28.0 Å². The van der Waals surface area contributed by atoms with E-state index in [2.05, 4.69) is 10.1 Å². The predicted molar refractivity (Wildman–Crippen MR) is 88.8 cm³/mol. The third-order valence-electron chi connectivity index (χ3n) is 3.55. The zero-order chi connectivity index (χ0) is 16.9. The molecule has 0 aliphatic heterocycles. The maximum atomic E-state index is 12.9. The number of halogens is 1. The minimum absolute atomic E-state index is 0.0164. The van der Waals surface area contributed by atoms with Crippen molar-refractivity contribution in [1.82, 2.24) is 15.0 Å². The van der Waals surface area contributed by atoms with Gasteiger partial charge in [-0.05, 0) is 46.7 Å². The van der Waals surface area contributed by atoms with Gasteiger partial charge in [-0.1, -0.05) is 5.16 Å². The summed E-state index contributed by atoms with van der Waals surface area (Å²) in [6.07, 6.45) is 0.673. The molecular weight excluding hydrogens is 329 g/mol. The molecule has 124 valence electrons. The van der Waals surface area contributed by atoms with Crippen LogP contribution in [-0.2, 0) is 17.8 Å². The van der Waals surface area contributed by atoms with Crippen molar-refractivity contribution in [2.45, 2.75) is 19.4 Å². The van der Waals surface area contributed by atoms with Crippen molar-refractivity contribution < 1.29 is 13.7 Å². The van der Waals surface area contributed by atoms with Crippen molar-refractivity contribution in [3.63, 3.8) is 0 Å². The van der Waals surface area contributed by atoms with Crippen LogP contribution in [0.3, 0.4) is 0 Å². The summed E-state index contributed by atoms with van der Waals surface area (Å²) in [6, 6.07) is 7.86. The Morgan fingerprint density at radius 2 is 2.08 bits per heavy atom. The lowest BCUT2D eigenvalue weighted by molar-refractivity contribution is -0.130. The first-order valence-corrected chi connectivity index (χ1v) is 8.39. The molecule has 0 bridgehead atoms. The molecule has 0 atom stereocenters. The van der Waals surface area contributed by atoms with Gasteiger partial charge in [-0.25, -0.2) is 4.39 Å². The zero-order valence-corrected chi connectivity index (χ0v) is 13.9. The molecule has 0 N–H and O–H groups in total. The second-order valence-corrected chi connectivity index (χ2v) is 6.18. The molecule has 0 fully saturated rings. The Kier molecular flexibility index (Phi) is 5.00. The van der Waals surface area contributed by atoms with Gasteiger partial charge in [0.15, 0.2) is 0 Å². The first-order chi connectivity index (χ1) is 11.6. The topological polar surface area (TPSA) is 59.2 Å². The van der Waals surface area contributed by atoms with Gasteiger partial charge in [0.1, 0.15) is 5.82 Å². The Morgan fingerprint density at radius 1 is 1.29 bits per heavy atom. The number of rotatable bonds is 6. The molecule has 1 amide bonds. The number of amides is 1. The molecule has 0 aliphatic rings. The molecule has 2 aromatic heterocycles. The van der Waals surface area contributed by atoms with E-state index in [-0.39, 0.29) is 11.7 Å². The standard InChI is InChI=1S/C17H16FN3O2S/c1-21(10-12-8-9-24-11-12)16(22)7-6-15-19-17(20-23-15)13-2-4-14(18)5-3-13/h2-5,8-9,11H,6-7,10H2,1H3. The second-order valence-electron chi connectivity index (χ2n) is 5.40. The summed E-state index contributed by atoms with van der Waals surface area (Å²) in [5, 5.41) is 7.88. The van der Waals surface area contributed by atoms with E-state index in [1.54, 1.807) is 35.4 Å². The summed E-state index contributed by atoms with van der Waals surface area (Å²) < 4.78 is 18.1. The molecule has 0 saturated heterocycles. The maximum Gasteiger partial charge on any atom is 0.227 e. The molecule has 1 aromatic carbocycles. The number of hydrogen-bond donors (Lipinski definition) is 0. The van der Waals surface area contributed by atoms with Crippen LogP contribution in [0.1, 0.15) is 17.9 Å². The van der Waals surface area contributed by atoms with Crippen molar-refractivity contribution in [1.29, 1.82) is 0 Å². The fraction of sp³-hybridized carbons (Fsp3) is 0.235. The van der Waals surface area contributed by atoms with Crippen LogP contribution in [0.4, 0.5) is 4.39 Å². The third-order valence-corrected chi connectivity index (χ3v) is 4.28. The Hall–Kier alpha value is -2.54. The number of carbonyl (C=O) groups is 1. The molecule has 24 heavy (non-hydrogen) atoms. The fourth-order valence-corrected chi connectivity index (χ4v) is 2.88. The first-order valence-electron chi connectivity index (χ1n) is 7.45. The summed E-state index contributed by atoms with van der Waals surface area (Å²) in [4.78, 5) is 18.1. The third kappa shape index (κ3) is 4.05. The van der Waals surface area contributed by atoms with Gasteiger partial charge < -0.3 is 9.42 Å². The van der Waals surface area contributed by atoms with E-state index < -0.39 is 0 Å². The second kappa shape index (κ2) is 7.35. The van der Waals surface area contributed by atoms with Crippen LogP contribution in [0.15, 0.2) is 45.6 Å². The highest BCUT2D eigenvalue weighted by Gasteiger charge is 2.13. The summed E-state index contributed by atoms with van der Waals surface area (Å²) in [7, 11) is 1.78. The molecule has 3 rings (SSSR count). The molecule has 3 aromatic rings. The number of thiophene rings is 1. The maximum absolute atomic E-state index is 12.9. The molecule has 0 aliphatic carbocycles. The van der Waals surface area contributed by atoms with E-state index in [0.717, 1.165) is 5.56 Å². The molecule has 0 saturated carbocycles. The minimum atomic E-state index is -0.318. The van der Waals surface area contributed by atoms with Crippen LogP contribution >= 0.6 is 11.3 Å². The molecule has 7 heteroatoms. The van der Waals surface area contributed by atoms with Gasteiger partial charge in [-0.2, -0.15) is 16.3 Å². The van der Waals surface area contributed by atoms with E-state index in [1.807, 2.05) is 16.8 Å². The van der Waals surface area contributed by atoms with E-state index in [4.69, 9.17) is 4.52 Å². The highest BCUT2D eigenvalue weighted by Crippen LogP contribution is 2.17. The normalized spacial score (nSPS) is 10.8. The highest BCUT2D eigenvalue weighted by molar-refractivity contribution is 7.07. The SMILES string of the molecule is CN(Cc1ccsc1)C(=O)CCc1nc(-c2ccc(F)cc2)no1. The number of nitrogens with zero attached hydrogens (tertiary/aromatic N) is 3. The van der Waals surface area contributed by atoms with Gasteiger partial charge in [0.25, 0.3) is 0 Å². The Morgan fingerprint density at radius 3 is 2.79 bits per heavy atom. The summed E-state index contributed by atoms with van der Waals surface area (Å²) in [5.74, 6) is 0.486. The molecule has 0 unspecified atom stereocenters. The number of carbonyl (C=O) groups excluding carboxylic acids is 1. The van der Waals surface area contributed by atoms with Crippen molar-refractivity contribution in [2.75, 3.05) is 7.05 Å². The number of hydrogen-bond acceptors (Lipinski definition) is 5. The van der Waals surface area contributed by atoms with Gasteiger partial charge in [0, 0.05) is 32.0 Å². The van der Waals surface area contributed by atoms with Crippen molar-refractivity contribution >= 4 is 17.2 Å². The van der Waals surface area contributed by atoms with Gasteiger partial charge in [0.05, 0.1) is 0 Å². The summed E-state index contributed by atoms with van der Waals surface area (Å²) >= 11 is 1.61. The molecule has 0 radical (unpaired) electrons. The van der Waals surface area contributed by atoms with Crippen LogP contribution in [0.2, 0.25) is 0 Å². The number of aryl methyl sites for hydroxylation is 1. The van der Waals surface area contributed by atoms with E-state index in [1.165, 1.54) is 12.1 Å². The highest BCUT2D eigenvalue weighted by atomic mass is 32.1. The monoisotopic (exact) mass is 345 g/mol. The van der Waals surface area contributed by atoms with Gasteiger partial charge in [-0.3, -0.25) is 4.79 Å². The van der Waals surface area contributed by atoms with Crippen LogP contribution in [0.25, 0.3) is 11.4 Å².